The smallest absolute Gasteiger partial charge is 0.0619 e. The molecule has 0 aliphatic heterocycles. The first-order valence-corrected chi connectivity index (χ1v) is 7.97. The van der Waals surface area contributed by atoms with Gasteiger partial charge in [-0.15, -0.1) is 0 Å². The molecule has 0 spiro atoms. The summed E-state index contributed by atoms with van der Waals surface area (Å²) in [5, 5.41) is 8.03. The first kappa shape index (κ1) is 15.3. The molecule has 2 rings (SSSR count). The van der Waals surface area contributed by atoms with Crippen LogP contribution in [0, 0.1) is 6.92 Å². The van der Waals surface area contributed by atoms with E-state index >= 15 is 0 Å². The van der Waals surface area contributed by atoms with Gasteiger partial charge >= 0.3 is 0 Å². The van der Waals surface area contributed by atoms with Crippen LogP contribution in [0.2, 0.25) is 0 Å². The normalized spacial score (nSPS) is 12.6. The zero-order chi connectivity index (χ0) is 14.5. The van der Waals surface area contributed by atoms with Gasteiger partial charge in [-0.2, -0.15) is 5.10 Å². The summed E-state index contributed by atoms with van der Waals surface area (Å²) in [4.78, 5) is 0. The second kappa shape index (κ2) is 7.04. The number of nitrogens with zero attached hydrogens (tertiary/aromatic N) is 2. The number of aromatic nitrogens is 2. The molecule has 0 bridgehead atoms. The maximum atomic E-state index is 4.40. The predicted octanol–water partition coefficient (Wildman–Crippen LogP) is 4.06. The molecule has 0 saturated heterocycles. The summed E-state index contributed by atoms with van der Waals surface area (Å²) in [6.45, 7) is 8.30. The van der Waals surface area contributed by atoms with Crippen molar-refractivity contribution in [2.45, 2.75) is 39.8 Å². The van der Waals surface area contributed by atoms with E-state index in [1.807, 2.05) is 10.9 Å². The van der Waals surface area contributed by atoms with Gasteiger partial charge in [0.05, 0.1) is 12.2 Å². The van der Waals surface area contributed by atoms with Crippen molar-refractivity contribution in [3.63, 3.8) is 0 Å². The van der Waals surface area contributed by atoms with Gasteiger partial charge in [-0.25, -0.2) is 0 Å². The first-order chi connectivity index (χ1) is 9.67. The number of hydrogen-bond acceptors (Lipinski definition) is 2. The van der Waals surface area contributed by atoms with Crippen LogP contribution in [0.15, 0.2) is 35.1 Å². The molecule has 1 unspecified atom stereocenters. The maximum absolute atomic E-state index is 4.40. The topological polar surface area (TPSA) is 29.9 Å². The Morgan fingerprint density at radius 2 is 2.15 bits per heavy atom. The molecule has 1 aromatic heterocycles. The molecular formula is C16H22BrN3. The van der Waals surface area contributed by atoms with Gasteiger partial charge in [0.25, 0.3) is 0 Å². The first-order valence-electron chi connectivity index (χ1n) is 7.18. The Balaban J connectivity index is 2.38. The third-order valence-electron chi connectivity index (χ3n) is 3.44. The second-order valence-electron chi connectivity index (χ2n) is 4.99. The third kappa shape index (κ3) is 3.30. The number of rotatable bonds is 6. The van der Waals surface area contributed by atoms with Crippen LogP contribution in [0.5, 0.6) is 0 Å². The molecule has 108 valence electrons. The van der Waals surface area contributed by atoms with Crippen molar-refractivity contribution in [3.8, 4) is 0 Å². The zero-order valence-electron chi connectivity index (χ0n) is 12.4. The van der Waals surface area contributed by atoms with Gasteiger partial charge in [-0.3, -0.25) is 4.68 Å². The maximum Gasteiger partial charge on any atom is 0.0619 e. The Labute approximate surface area is 129 Å². The lowest BCUT2D eigenvalue weighted by atomic mass is 9.99. The molecule has 3 nitrogen and oxygen atoms in total. The van der Waals surface area contributed by atoms with Crippen molar-refractivity contribution in [3.05, 3.63) is 51.8 Å². The van der Waals surface area contributed by atoms with E-state index in [2.05, 4.69) is 71.5 Å². The predicted molar refractivity (Wildman–Crippen MR) is 86.9 cm³/mol. The molecule has 1 atom stereocenters. The van der Waals surface area contributed by atoms with Crippen molar-refractivity contribution in [1.82, 2.24) is 15.1 Å². The van der Waals surface area contributed by atoms with Crippen LogP contribution in [-0.4, -0.2) is 16.3 Å². The van der Waals surface area contributed by atoms with Crippen molar-refractivity contribution in [2.24, 2.45) is 0 Å². The number of benzene rings is 1. The lowest BCUT2D eigenvalue weighted by Crippen LogP contribution is -2.23. The summed E-state index contributed by atoms with van der Waals surface area (Å²) in [7, 11) is 0. The van der Waals surface area contributed by atoms with E-state index in [-0.39, 0.29) is 6.04 Å². The highest BCUT2D eigenvalue weighted by molar-refractivity contribution is 9.10. The van der Waals surface area contributed by atoms with E-state index in [0.717, 1.165) is 19.5 Å². The van der Waals surface area contributed by atoms with Crippen molar-refractivity contribution >= 4 is 15.9 Å². The molecule has 0 saturated carbocycles. The zero-order valence-corrected chi connectivity index (χ0v) is 13.9. The molecule has 1 heterocycles. The minimum Gasteiger partial charge on any atom is -0.306 e. The summed E-state index contributed by atoms with van der Waals surface area (Å²) in [5.74, 6) is 0. The summed E-state index contributed by atoms with van der Waals surface area (Å²) in [6, 6.07) is 6.60. The molecular weight excluding hydrogens is 314 g/mol. The lowest BCUT2D eigenvalue weighted by Gasteiger charge is -2.20. The Morgan fingerprint density at radius 1 is 1.35 bits per heavy atom. The summed E-state index contributed by atoms with van der Waals surface area (Å²) >= 11 is 3.73. The standard InChI is InChI=1S/C16H22BrN3/c1-4-9-18-16(13-10-19-20(5-2)11-13)14-8-6-7-12(3)15(14)17/h6-8,10-11,16,18H,4-5,9H2,1-3H3. The molecule has 1 N–H and O–H groups in total. The molecule has 0 aliphatic carbocycles. The van der Waals surface area contributed by atoms with Gasteiger partial charge < -0.3 is 5.32 Å². The van der Waals surface area contributed by atoms with Gasteiger partial charge in [-0.05, 0) is 37.9 Å². The van der Waals surface area contributed by atoms with Crippen molar-refractivity contribution < 1.29 is 0 Å². The van der Waals surface area contributed by atoms with Crippen LogP contribution in [0.3, 0.4) is 0 Å². The van der Waals surface area contributed by atoms with Crippen LogP contribution in [0.4, 0.5) is 0 Å². The number of hydrogen-bond donors (Lipinski definition) is 1. The highest BCUT2D eigenvalue weighted by atomic mass is 79.9. The largest absolute Gasteiger partial charge is 0.306 e. The summed E-state index contributed by atoms with van der Waals surface area (Å²) in [6.07, 6.45) is 5.20. The van der Waals surface area contributed by atoms with Crippen LogP contribution in [-0.2, 0) is 6.54 Å². The van der Waals surface area contributed by atoms with E-state index in [4.69, 9.17) is 0 Å². The van der Waals surface area contributed by atoms with Crippen molar-refractivity contribution in [1.29, 1.82) is 0 Å². The molecule has 4 heteroatoms. The van der Waals surface area contributed by atoms with Crippen LogP contribution < -0.4 is 5.32 Å². The van der Waals surface area contributed by atoms with Crippen LogP contribution >= 0.6 is 15.9 Å². The fraction of sp³-hybridized carbons (Fsp3) is 0.438. The fourth-order valence-electron chi connectivity index (χ4n) is 2.29. The lowest BCUT2D eigenvalue weighted by molar-refractivity contribution is 0.594. The highest BCUT2D eigenvalue weighted by Gasteiger charge is 2.18. The van der Waals surface area contributed by atoms with Gasteiger partial charge in [0.15, 0.2) is 0 Å². The quantitative estimate of drug-likeness (QED) is 0.862. The van der Waals surface area contributed by atoms with E-state index in [9.17, 15) is 0 Å². The number of aryl methyl sites for hydroxylation is 2. The average molecular weight is 336 g/mol. The molecule has 0 amide bonds. The summed E-state index contributed by atoms with van der Waals surface area (Å²) in [5.41, 5.74) is 3.74. The van der Waals surface area contributed by atoms with E-state index in [1.165, 1.54) is 21.2 Å². The molecule has 0 aliphatic rings. The molecule has 1 aromatic carbocycles. The molecule has 2 aromatic rings. The molecule has 0 radical (unpaired) electrons. The van der Waals surface area contributed by atoms with E-state index in [1.54, 1.807) is 0 Å². The highest BCUT2D eigenvalue weighted by Crippen LogP contribution is 2.30. The minimum absolute atomic E-state index is 0.185. The third-order valence-corrected chi connectivity index (χ3v) is 4.52. The van der Waals surface area contributed by atoms with E-state index in [0.29, 0.717) is 0 Å². The molecule has 0 fully saturated rings. The Kier molecular flexibility index (Phi) is 5.38. The fourth-order valence-corrected chi connectivity index (χ4v) is 2.78. The minimum atomic E-state index is 0.185. The molecule has 20 heavy (non-hydrogen) atoms. The van der Waals surface area contributed by atoms with Crippen LogP contribution in [0.25, 0.3) is 0 Å². The Morgan fingerprint density at radius 3 is 2.80 bits per heavy atom. The van der Waals surface area contributed by atoms with Gasteiger partial charge in [-0.1, -0.05) is 41.1 Å². The monoisotopic (exact) mass is 335 g/mol. The van der Waals surface area contributed by atoms with Crippen LogP contribution in [0.1, 0.15) is 43.0 Å². The van der Waals surface area contributed by atoms with Gasteiger partial charge in [0.2, 0.25) is 0 Å². The van der Waals surface area contributed by atoms with E-state index < -0.39 is 0 Å². The Bertz CT molecular complexity index is 563. The number of halogens is 1. The number of nitrogens with one attached hydrogen (secondary N) is 1. The second-order valence-corrected chi connectivity index (χ2v) is 5.79. The Hall–Kier alpha value is -1.13. The van der Waals surface area contributed by atoms with Gasteiger partial charge in [0.1, 0.15) is 0 Å². The van der Waals surface area contributed by atoms with Gasteiger partial charge in [0, 0.05) is 22.8 Å². The van der Waals surface area contributed by atoms with Crippen molar-refractivity contribution in [2.75, 3.05) is 6.54 Å². The average Bonchev–Trinajstić information content (AvgIpc) is 2.92. The SMILES string of the molecule is CCCNC(c1cnn(CC)c1)c1cccc(C)c1Br. The summed E-state index contributed by atoms with van der Waals surface area (Å²) < 4.78 is 3.15.